The molecule has 0 aliphatic rings. The van der Waals surface area contributed by atoms with E-state index in [1.165, 1.54) is 0 Å². The van der Waals surface area contributed by atoms with E-state index in [2.05, 4.69) is 27.9 Å². The summed E-state index contributed by atoms with van der Waals surface area (Å²) in [5, 5.41) is 11.1. The second-order valence-corrected chi connectivity index (χ2v) is 5.90. The predicted octanol–water partition coefficient (Wildman–Crippen LogP) is 2.53. The zero-order chi connectivity index (χ0) is 12.8. The number of alkyl halides is 1. The Labute approximate surface area is 109 Å². The number of carboxylic acid groups (broad SMARTS) is 1. The average molecular weight is 343 g/mol. The average Bonchev–Trinajstić information content (AvgIpc) is 1.98. The summed E-state index contributed by atoms with van der Waals surface area (Å²) in [5.41, 5.74) is -0.512. The second kappa shape index (κ2) is 6.93. The summed E-state index contributed by atoms with van der Waals surface area (Å²) >= 11 is 2.05. The number of ether oxygens (including phenoxy) is 1. The van der Waals surface area contributed by atoms with Gasteiger partial charge in [0, 0.05) is 6.42 Å². The van der Waals surface area contributed by atoms with Crippen LogP contribution in [0.15, 0.2) is 0 Å². The van der Waals surface area contributed by atoms with Gasteiger partial charge in [-0.1, -0.05) is 22.6 Å². The highest BCUT2D eigenvalue weighted by molar-refractivity contribution is 14.1. The molecular formula is C10H18INO4. The van der Waals surface area contributed by atoms with E-state index in [9.17, 15) is 9.59 Å². The first-order valence-electron chi connectivity index (χ1n) is 5.06. The minimum Gasteiger partial charge on any atom is -0.481 e. The van der Waals surface area contributed by atoms with Crippen molar-refractivity contribution in [1.29, 1.82) is 0 Å². The molecule has 0 aromatic carbocycles. The van der Waals surface area contributed by atoms with Crippen molar-refractivity contribution in [2.75, 3.05) is 0 Å². The number of halogens is 1. The summed E-state index contributed by atoms with van der Waals surface area (Å²) in [6.45, 7) is 5.37. The first-order chi connectivity index (χ1) is 7.20. The van der Waals surface area contributed by atoms with Crippen LogP contribution in [-0.2, 0) is 9.53 Å². The lowest BCUT2D eigenvalue weighted by atomic mass is 10.2. The zero-order valence-corrected chi connectivity index (χ0v) is 11.9. The van der Waals surface area contributed by atoms with Crippen LogP contribution in [-0.4, -0.2) is 26.8 Å². The summed E-state index contributed by atoms with van der Waals surface area (Å²) in [5.74, 6) is -0.819. The van der Waals surface area contributed by atoms with Crippen LogP contribution in [0.25, 0.3) is 0 Å². The van der Waals surface area contributed by atoms with Gasteiger partial charge in [0.2, 0.25) is 0 Å². The van der Waals surface area contributed by atoms with Gasteiger partial charge in [0.05, 0.1) is 4.05 Å². The highest BCUT2D eigenvalue weighted by Crippen LogP contribution is 2.11. The Hall–Kier alpha value is -0.530. The van der Waals surface area contributed by atoms with Crippen LogP contribution >= 0.6 is 22.6 Å². The maximum absolute atomic E-state index is 11.3. The van der Waals surface area contributed by atoms with Crippen molar-refractivity contribution in [3.8, 4) is 0 Å². The Balaban J connectivity index is 3.74. The quantitative estimate of drug-likeness (QED) is 0.457. The Morgan fingerprint density at radius 3 is 2.44 bits per heavy atom. The van der Waals surface area contributed by atoms with Gasteiger partial charge in [0.25, 0.3) is 0 Å². The number of carbonyl (C=O) groups is 2. The Bertz CT molecular complexity index is 250. The van der Waals surface area contributed by atoms with Crippen molar-refractivity contribution >= 4 is 34.7 Å². The van der Waals surface area contributed by atoms with Crippen LogP contribution < -0.4 is 5.32 Å². The molecular weight excluding hydrogens is 325 g/mol. The molecule has 1 unspecified atom stereocenters. The standard InChI is InChI=1S/C10H18INO4/c1-10(2,3)16-9(15)12-7(11)5-4-6-8(13)14/h7H,4-6H2,1-3H3,(H,12,15)(H,13,14). The SMILES string of the molecule is CC(C)(C)OC(=O)NC(I)CCCC(=O)O. The number of rotatable bonds is 5. The molecule has 0 aliphatic heterocycles. The first-order valence-corrected chi connectivity index (χ1v) is 6.30. The van der Waals surface area contributed by atoms with Crippen molar-refractivity contribution in [3.63, 3.8) is 0 Å². The third-order valence-corrected chi connectivity index (χ3v) is 2.46. The number of hydrogen-bond acceptors (Lipinski definition) is 3. The van der Waals surface area contributed by atoms with Gasteiger partial charge in [0.15, 0.2) is 0 Å². The molecule has 0 aliphatic carbocycles. The third kappa shape index (κ3) is 10.0. The van der Waals surface area contributed by atoms with Gasteiger partial charge >= 0.3 is 12.1 Å². The Morgan fingerprint density at radius 2 is 2.00 bits per heavy atom. The fourth-order valence-electron chi connectivity index (χ4n) is 0.940. The van der Waals surface area contributed by atoms with Gasteiger partial charge in [-0.3, -0.25) is 4.79 Å². The van der Waals surface area contributed by atoms with Gasteiger partial charge in [-0.05, 0) is 33.6 Å². The molecule has 0 heterocycles. The Morgan fingerprint density at radius 1 is 1.44 bits per heavy atom. The summed E-state index contributed by atoms with van der Waals surface area (Å²) < 4.78 is 4.96. The molecule has 0 saturated carbocycles. The van der Waals surface area contributed by atoms with Gasteiger partial charge in [-0.2, -0.15) is 0 Å². The lowest BCUT2D eigenvalue weighted by Crippen LogP contribution is -2.36. The highest BCUT2D eigenvalue weighted by Gasteiger charge is 2.18. The topological polar surface area (TPSA) is 75.6 Å². The number of carboxylic acids is 1. The zero-order valence-electron chi connectivity index (χ0n) is 9.75. The van der Waals surface area contributed by atoms with Crippen LogP contribution in [0, 0.1) is 0 Å². The Kier molecular flexibility index (Phi) is 6.70. The number of carbonyl (C=O) groups excluding carboxylic acids is 1. The van der Waals surface area contributed by atoms with Crippen molar-refractivity contribution in [3.05, 3.63) is 0 Å². The van der Waals surface area contributed by atoms with Crippen molar-refractivity contribution in [2.45, 2.75) is 49.7 Å². The summed E-state index contributed by atoms with van der Waals surface area (Å²) in [6.07, 6.45) is 0.808. The van der Waals surface area contributed by atoms with Crippen LogP contribution in [0.1, 0.15) is 40.0 Å². The molecule has 1 amide bonds. The highest BCUT2D eigenvalue weighted by atomic mass is 127. The number of amides is 1. The molecule has 0 rings (SSSR count). The smallest absolute Gasteiger partial charge is 0.408 e. The fourth-order valence-corrected chi connectivity index (χ4v) is 1.63. The van der Waals surface area contributed by atoms with Crippen LogP contribution in [0.4, 0.5) is 4.79 Å². The molecule has 0 aromatic heterocycles. The molecule has 0 fully saturated rings. The normalized spacial score (nSPS) is 13.0. The molecule has 6 heteroatoms. The number of hydrogen-bond donors (Lipinski definition) is 2. The summed E-state index contributed by atoms with van der Waals surface area (Å²) in [4.78, 5) is 21.6. The van der Waals surface area contributed by atoms with Crippen LogP contribution in [0.3, 0.4) is 0 Å². The second-order valence-electron chi connectivity index (χ2n) is 4.40. The minimum absolute atomic E-state index is 0.105. The number of nitrogens with one attached hydrogen (secondary N) is 1. The maximum Gasteiger partial charge on any atom is 0.408 e. The molecule has 1 atom stereocenters. The monoisotopic (exact) mass is 343 g/mol. The lowest BCUT2D eigenvalue weighted by Gasteiger charge is -2.21. The van der Waals surface area contributed by atoms with E-state index < -0.39 is 17.7 Å². The molecule has 0 radical (unpaired) electrons. The van der Waals surface area contributed by atoms with E-state index in [4.69, 9.17) is 9.84 Å². The van der Waals surface area contributed by atoms with Crippen molar-refractivity contribution in [1.82, 2.24) is 5.32 Å². The first kappa shape index (κ1) is 15.5. The van der Waals surface area contributed by atoms with Crippen LogP contribution in [0.2, 0.25) is 0 Å². The van der Waals surface area contributed by atoms with E-state index in [0.717, 1.165) is 0 Å². The molecule has 94 valence electrons. The third-order valence-electron chi connectivity index (χ3n) is 1.52. The van der Waals surface area contributed by atoms with E-state index in [1.54, 1.807) is 20.8 Å². The molecule has 2 N–H and O–H groups in total. The molecule has 0 saturated heterocycles. The van der Waals surface area contributed by atoms with Crippen molar-refractivity contribution in [2.24, 2.45) is 0 Å². The predicted molar refractivity (Wildman–Crippen MR) is 68.7 cm³/mol. The number of aliphatic carboxylic acids is 1. The van der Waals surface area contributed by atoms with Gasteiger partial charge in [-0.25, -0.2) is 4.79 Å². The summed E-state index contributed by atoms with van der Waals surface area (Å²) in [6, 6.07) is 0. The lowest BCUT2D eigenvalue weighted by molar-refractivity contribution is -0.137. The van der Waals surface area contributed by atoms with E-state index in [1.807, 2.05) is 0 Å². The van der Waals surface area contributed by atoms with E-state index >= 15 is 0 Å². The fraction of sp³-hybridized carbons (Fsp3) is 0.800. The van der Waals surface area contributed by atoms with E-state index in [-0.39, 0.29) is 10.5 Å². The van der Waals surface area contributed by atoms with Gasteiger partial charge < -0.3 is 15.2 Å². The van der Waals surface area contributed by atoms with Crippen LogP contribution in [0.5, 0.6) is 0 Å². The van der Waals surface area contributed by atoms with Gasteiger partial charge in [-0.15, -0.1) is 0 Å². The molecule has 0 aromatic rings. The minimum atomic E-state index is -0.819. The maximum atomic E-state index is 11.3. The van der Waals surface area contributed by atoms with Gasteiger partial charge in [0.1, 0.15) is 5.60 Å². The molecule has 0 spiro atoms. The van der Waals surface area contributed by atoms with E-state index in [0.29, 0.717) is 12.8 Å². The molecule has 5 nitrogen and oxygen atoms in total. The van der Waals surface area contributed by atoms with Crippen molar-refractivity contribution < 1.29 is 19.4 Å². The molecule has 0 bridgehead atoms. The molecule has 16 heavy (non-hydrogen) atoms. The number of alkyl carbamates (subject to hydrolysis) is 1. The summed E-state index contributed by atoms with van der Waals surface area (Å²) in [7, 11) is 0. The largest absolute Gasteiger partial charge is 0.481 e.